The molecule has 4 nitrogen and oxygen atoms in total. The maximum Gasteiger partial charge on any atom is 0.254 e. The standard InChI is InChI=1S/C14H14FN3OS/c1-18-8-9(7-16-18)14(19)17-12-4-5-20-13-3-2-10(15)6-11(12)13/h2-3,6-8,12H,4-5H2,1H3,(H,17,19). The molecule has 1 amide bonds. The number of benzene rings is 1. The molecular formula is C14H14FN3OS. The number of nitrogens with zero attached hydrogens (tertiary/aromatic N) is 2. The van der Waals surface area contributed by atoms with Gasteiger partial charge in [-0.1, -0.05) is 0 Å². The maximum atomic E-state index is 13.4. The topological polar surface area (TPSA) is 46.9 Å². The van der Waals surface area contributed by atoms with Crippen LogP contribution < -0.4 is 5.32 Å². The van der Waals surface area contributed by atoms with Crippen molar-refractivity contribution in [3.8, 4) is 0 Å². The maximum absolute atomic E-state index is 13.4. The van der Waals surface area contributed by atoms with E-state index in [1.165, 1.54) is 18.3 Å². The molecule has 2 heterocycles. The first-order chi connectivity index (χ1) is 9.63. The molecule has 0 saturated heterocycles. The molecule has 1 N–H and O–H groups in total. The van der Waals surface area contributed by atoms with Crippen LogP contribution in [0.15, 0.2) is 35.5 Å². The molecule has 0 aliphatic carbocycles. The smallest absolute Gasteiger partial charge is 0.254 e. The Kier molecular flexibility index (Phi) is 3.48. The van der Waals surface area contributed by atoms with Crippen molar-refractivity contribution in [2.45, 2.75) is 17.4 Å². The second-order valence-electron chi connectivity index (χ2n) is 4.75. The quantitative estimate of drug-likeness (QED) is 0.925. The number of rotatable bonds is 2. The average molecular weight is 291 g/mol. The zero-order valence-corrected chi connectivity index (χ0v) is 11.8. The van der Waals surface area contributed by atoms with Crippen molar-refractivity contribution >= 4 is 17.7 Å². The van der Waals surface area contributed by atoms with Gasteiger partial charge < -0.3 is 5.32 Å². The Morgan fingerprint density at radius 2 is 2.40 bits per heavy atom. The fourth-order valence-corrected chi connectivity index (χ4v) is 3.40. The van der Waals surface area contributed by atoms with Gasteiger partial charge in [0, 0.05) is 23.9 Å². The lowest BCUT2D eigenvalue weighted by molar-refractivity contribution is 0.0935. The Hall–Kier alpha value is -1.82. The first-order valence-corrected chi connectivity index (χ1v) is 7.34. The van der Waals surface area contributed by atoms with Gasteiger partial charge in [0.1, 0.15) is 5.82 Å². The van der Waals surface area contributed by atoms with Gasteiger partial charge >= 0.3 is 0 Å². The van der Waals surface area contributed by atoms with Gasteiger partial charge in [-0.15, -0.1) is 11.8 Å². The fraction of sp³-hybridized carbons (Fsp3) is 0.286. The minimum absolute atomic E-state index is 0.144. The first-order valence-electron chi connectivity index (χ1n) is 6.35. The van der Waals surface area contributed by atoms with Crippen molar-refractivity contribution in [3.05, 3.63) is 47.5 Å². The Morgan fingerprint density at radius 3 is 3.15 bits per heavy atom. The third-order valence-electron chi connectivity index (χ3n) is 3.28. The summed E-state index contributed by atoms with van der Waals surface area (Å²) in [7, 11) is 1.76. The van der Waals surface area contributed by atoms with E-state index in [0.29, 0.717) is 5.56 Å². The number of carbonyl (C=O) groups excluding carboxylic acids is 1. The predicted molar refractivity (Wildman–Crippen MR) is 75.2 cm³/mol. The van der Waals surface area contributed by atoms with Crippen molar-refractivity contribution in [3.63, 3.8) is 0 Å². The summed E-state index contributed by atoms with van der Waals surface area (Å²) in [6.45, 7) is 0. The van der Waals surface area contributed by atoms with Crippen LogP contribution in [-0.4, -0.2) is 21.4 Å². The van der Waals surface area contributed by atoms with E-state index < -0.39 is 0 Å². The molecule has 1 aromatic carbocycles. The normalized spacial score (nSPS) is 17.6. The lowest BCUT2D eigenvalue weighted by atomic mass is 10.0. The van der Waals surface area contributed by atoms with Gasteiger partial charge in [-0.05, 0) is 30.2 Å². The van der Waals surface area contributed by atoms with E-state index in [4.69, 9.17) is 0 Å². The lowest BCUT2D eigenvalue weighted by Crippen LogP contribution is -2.30. The molecule has 6 heteroatoms. The third kappa shape index (κ3) is 2.56. The zero-order chi connectivity index (χ0) is 14.1. The molecule has 0 bridgehead atoms. The van der Waals surface area contributed by atoms with Crippen LogP contribution in [0, 0.1) is 5.82 Å². The summed E-state index contributed by atoms with van der Waals surface area (Å²) in [5.41, 5.74) is 1.38. The summed E-state index contributed by atoms with van der Waals surface area (Å²) in [5, 5.41) is 6.94. The molecule has 1 aromatic heterocycles. The molecule has 1 aliphatic rings. The molecule has 1 unspecified atom stereocenters. The van der Waals surface area contributed by atoms with Gasteiger partial charge in [0.25, 0.3) is 5.91 Å². The van der Waals surface area contributed by atoms with Gasteiger partial charge in [-0.3, -0.25) is 9.48 Å². The molecule has 20 heavy (non-hydrogen) atoms. The summed E-state index contributed by atoms with van der Waals surface area (Å²) in [6, 6.07) is 4.60. The van der Waals surface area contributed by atoms with Gasteiger partial charge in [-0.2, -0.15) is 5.10 Å². The van der Waals surface area contributed by atoms with Crippen molar-refractivity contribution in [1.29, 1.82) is 0 Å². The number of hydrogen-bond acceptors (Lipinski definition) is 3. The van der Waals surface area contributed by atoms with Crippen LogP contribution >= 0.6 is 11.8 Å². The molecule has 0 fully saturated rings. The lowest BCUT2D eigenvalue weighted by Gasteiger charge is -2.25. The van der Waals surface area contributed by atoms with Crippen LogP contribution in [0.25, 0.3) is 0 Å². The highest BCUT2D eigenvalue weighted by atomic mass is 32.2. The highest BCUT2D eigenvalue weighted by molar-refractivity contribution is 7.99. The van der Waals surface area contributed by atoms with E-state index in [0.717, 1.165) is 22.6 Å². The summed E-state index contributed by atoms with van der Waals surface area (Å²) in [5.74, 6) is 0.466. The van der Waals surface area contributed by atoms with E-state index in [2.05, 4.69) is 10.4 Å². The van der Waals surface area contributed by atoms with Crippen molar-refractivity contribution in [2.24, 2.45) is 7.05 Å². The highest BCUT2D eigenvalue weighted by Crippen LogP contribution is 2.36. The molecule has 104 valence electrons. The monoisotopic (exact) mass is 291 g/mol. The average Bonchev–Trinajstić information content (AvgIpc) is 2.86. The van der Waals surface area contributed by atoms with E-state index in [1.54, 1.807) is 35.8 Å². The second kappa shape index (κ2) is 5.28. The van der Waals surface area contributed by atoms with Gasteiger partial charge in [0.2, 0.25) is 0 Å². The van der Waals surface area contributed by atoms with E-state index in [9.17, 15) is 9.18 Å². The van der Waals surface area contributed by atoms with Crippen LogP contribution in [0.3, 0.4) is 0 Å². The van der Waals surface area contributed by atoms with Crippen LogP contribution in [-0.2, 0) is 7.05 Å². The molecule has 2 aromatic rings. The number of carbonyl (C=O) groups is 1. The number of halogens is 1. The van der Waals surface area contributed by atoms with Crippen LogP contribution in [0.1, 0.15) is 28.4 Å². The Bertz CT molecular complexity index is 656. The molecule has 1 aliphatic heterocycles. The second-order valence-corrected chi connectivity index (χ2v) is 5.88. The van der Waals surface area contributed by atoms with Crippen LogP contribution in [0.2, 0.25) is 0 Å². The SMILES string of the molecule is Cn1cc(C(=O)NC2CCSc3ccc(F)cc32)cn1. The number of fused-ring (bicyclic) bond motifs is 1. The van der Waals surface area contributed by atoms with Crippen molar-refractivity contribution in [2.75, 3.05) is 5.75 Å². The summed E-state index contributed by atoms with van der Waals surface area (Å²) >= 11 is 1.69. The van der Waals surface area contributed by atoms with E-state index >= 15 is 0 Å². The Balaban J connectivity index is 1.82. The largest absolute Gasteiger partial charge is 0.345 e. The first kappa shape index (κ1) is 13.2. The summed E-state index contributed by atoms with van der Waals surface area (Å²) < 4.78 is 15.0. The molecule has 1 atom stereocenters. The van der Waals surface area contributed by atoms with Gasteiger partial charge in [0.15, 0.2) is 0 Å². The van der Waals surface area contributed by atoms with Gasteiger partial charge in [0.05, 0.1) is 17.8 Å². The molecule has 3 rings (SSSR count). The van der Waals surface area contributed by atoms with E-state index in [-0.39, 0.29) is 17.8 Å². The molecule has 0 saturated carbocycles. The number of nitrogens with one attached hydrogen (secondary N) is 1. The minimum Gasteiger partial charge on any atom is -0.345 e. The fourth-order valence-electron chi connectivity index (χ4n) is 2.30. The molecule has 0 radical (unpaired) electrons. The number of thioether (sulfide) groups is 1. The number of amides is 1. The zero-order valence-electron chi connectivity index (χ0n) is 11.0. The number of aromatic nitrogens is 2. The Morgan fingerprint density at radius 1 is 1.55 bits per heavy atom. The predicted octanol–water partition coefficient (Wildman–Crippen LogP) is 2.53. The summed E-state index contributed by atoms with van der Waals surface area (Å²) in [4.78, 5) is 13.2. The molecule has 0 spiro atoms. The van der Waals surface area contributed by atoms with Crippen molar-refractivity contribution < 1.29 is 9.18 Å². The summed E-state index contributed by atoms with van der Waals surface area (Å²) in [6.07, 6.45) is 3.99. The Labute approximate surface area is 120 Å². The van der Waals surface area contributed by atoms with Gasteiger partial charge in [-0.25, -0.2) is 4.39 Å². The van der Waals surface area contributed by atoms with E-state index in [1.807, 2.05) is 0 Å². The van der Waals surface area contributed by atoms with Crippen LogP contribution in [0.5, 0.6) is 0 Å². The van der Waals surface area contributed by atoms with Crippen LogP contribution in [0.4, 0.5) is 4.39 Å². The third-order valence-corrected chi connectivity index (χ3v) is 4.41. The number of aryl methyl sites for hydroxylation is 1. The highest BCUT2D eigenvalue weighted by Gasteiger charge is 2.23. The van der Waals surface area contributed by atoms with Crippen molar-refractivity contribution in [1.82, 2.24) is 15.1 Å². The minimum atomic E-state index is -0.271. The number of hydrogen-bond donors (Lipinski definition) is 1. The molecular weight excluding hydrogens is 277 g/mol.